The van der Waals surface area contributed by atoms with Crippen molar-refractivity contribution < 1.29 is 4.79 Å². The van der Waals surface area contributed by atoms with E-state index in [1.807, 2.05) is 12.3 Å². The van der Waals surface area contributed by atoms with E-state index in [0.29, 0.717) is 16.6 Å². The molecule has 2 rings (SSSR count). The van der Waals surface area contributed by atoms with Crippen molar-refractivity contribution in [1.82, 2.24) is 15.3 Å². The Morgan fingerprint density at radius 1 is 1.59 bits per heavy atom. The topological polar surface area (TPSA) is 57.8 Å². The van der Waals surface area contributed by atoms with E-state index < -0.39 is 0 Å². The first-order valence-electron chi connectivity index (χ1n) is 4.88. The minimum absolute atomic E-state index is 0.194. The third kappa shape index (κ3) is 3.08. The molecule has 0 aliphatic rings. The summed E-state index contributed by atoms with van der Waals surface area (Å²) in [5.74, 6) is -0.245. The Labute approximate surface area is 112 Å². The Kier molecular flexibility index (Phi) is 3.81. The lowest BCUT2D eigenvalue weighted by Crippen LogP contribution is -2.23. The zero-order chi connectivity index (χ0) is 12.3. The highest BCUT2D eigenvalue weighted by Crippen LogP contribution is 2.17. The zero-order valence-electron chi connectivity index (χ0n) is 8.71. The fraction of sp³-hybridized carbons (Fsp3) is 0.0909. The molecule has 0 saturated heterocycles. The molecular formula is C11H9BrClN3O. The van der Waals surface area contributed by atoms with Gasteiger partial charge in [-0.05, 0) is 33.6 Å². The van der Waals surface area contributed by atoms with Crippen molar-refractivity contribution in [1.29, 1.82) is 0 Å². The first-order valence-corrected chi connectivity index (χ1v) is 6.05. The highest BCUT2D eigenvalue weighted by molar-refractivity contribution is 9.10. The number of amides is 1. The van der Waals surface area contributed by atoms with Gasteiger partial charge in [0.05, 0.1) is 5.56 Å². The van der Waals surface area contributed by atoms with Gasteiger partial charge in [0.25, 0.3) is 5.91 Å². The van der Waals surface area contributed by atoms with E-state index in [0.717, 1.165) is 5.56 Å². The van der Waals surface area contributed by atoms with Gasteiger partial charge in [0.2, 0.25) is 0 Å². The number of hydrogen-bond acceptors (Lipinski definition) is 2. The monoisotopic (exact) mass is 313 g/mol. The molecule has 0 spiro atoms. The molecule has 0 unspecified atom stereocenters. The standard InChI is InChI=1S/C11H9BrClN3O/c12-8-3-9(10(13)15-6-8)11(17)16-5-7-1-2-14-4-7/h1-4,6,14H,5H2,(H,16,17). The quantitative estimate of drug-likeness (QED) is 0.856. The minimum atomic E-state index is -0.245. The van der Waals surface area contributed by atoms with Gasteiger partial charge >= 0.3 is 0 Å². The van der Waals surface area contributed by atoms with Crippen molar-refractivity contribution in [2.45, 2.75) is 6.54 Å². The summed E-state index contributed by atoms with van der Waals surface area (Å²) in [4.78, 5) is 18.7. The molecule has 6 heteroatoms. The molecule has 2 aromatic rings. The van der Waals surface area contributed by atoms with Gasteiger partial charge in [-0.2, -0.15) is 0 Å². The Morgan fingerprint density at radius 3 is 3.12 bits per heavy atom. The number of rotatable bonds is 3. The summed E-state index contributed by atoms with van der Waals surface area (Å²) < 4.78 is 0.716. The molecule has 0 aliphatic carbocycles. The van der Waals surface area contributed by atoms with E-state index in [1.165, 1.54) is 0 Å². The Bertz CT molecular complexity index is 528. The molecular weight excluding hydrogens is 305 g/mol. The number of aromatic amines is 1. The summed E-state index contributed by atoms with van der Waals surface area (Å²) in [7, 11) is 0. The maximum Gasteiger partial charge on any atom is 0.254 e. The number of carbonyl (C=O) groups excluding carboxylic acids is 1. The highest BCUT2D eigenvalue weighted by Gasteiger charge is 2.11. The minimum Gasteiger partial charge on any atom is -0.367 e. The maximum atomic E-state index is 11.8. The molecule has 0 fully saturated rings. The van der Waals surface area contributed by atoms with E-state index in [9.17, 15) is 4.79 Å². The number of H-pyrrole nitrogens is 1. The second-order valence-corrected chi connectivity index (χ2v) is 4.67. The van der Waals surface area contributed by atoms with Gasteiger partial charge in [-0.3, -0.25) is 4.79 Å². The Hall–Kier alpha value is -1.33. The molecule has 0 aliphatic heterocycles. The first kappa shape index (κ1) is 12.1. The summed E-state index contributed by atoms with van der Waals surface area (Å²) in [5.41, 5.74) is 1.36. The molecule has 4 nitrogen and oxygen atoms in total. The molecule has 0 radical (unpaired) electrons. The van der Waals surface area contributed by atoms with Crippen LogP contribution in [0.15, 0.2) is 35.2 Å². The lowest BCUT2D eigenvalue weighted by atomic mass is 10.2. The summed E-state index contributed by atoms with van der Waals surface area (Å²) >= 11 is 9.10. The van der Waals surface area contributed by atoms with Crippen LogP contribution in [-0.4, -0.2) is 15.9 Å². The number of nitrogens with zero attached hydrogens (tertiary/aromatic N) is 1. The smallest absolute Gasteiger partial charge is 0.254 e. The number of hydrogen-bond donors (Lipinski definition) is 2. The van der Waals surface area contributed by atoms with Gasteiger partial charge in [-0.15, -0.1) is 0 Å². The van der Waals surface area contributed by atoms with Crippen molar-refractivity contribution >= 4 is 33.4 Å². The second kappa shape index (κ2) is 5.33. The van der Waals surface area contributed by atoms with E-state index in [-0.39, 0.29) is 11.1 Å². The van der Waals surface area contributed by atoms with Gasteiger partial charge in [-0.1, -0.05) is 11.6 Å². The van der Waals surface area contributed by atoms with E-state index in [1.54, 1.807) is 18.5 Å². The Balaban J connectivity index is 2.07. The third-order valence-corrected chi connectivity index (χ3v) is 2.90. The summed E-state index contributed by atoms with van der Waals surface area (Å²) in [6, 6.07) is 3.53. The number of halogens is 2. The maximum absolute atomic E-state index is 11.8. The molecule has 1 amide bonds. The van der Waals surface area contributed by atoms with Crippen LogP contribution < -0.4 is 5.32 Å². The lowest BCUT2D eigenvalue weighted by molar-refractivity contribution is 0.0950. The van der Waals surface area contributed by atoms with Gasteiger partial charge in [0.15, 0.2) is 0 Å². The SMILES string of the molecule is O=C(NCc1cc[nH]c1)c1cc(Br)cnc1Cl. The van der Waals surface area contributed by atoms with E-state index >= 15 is 0 Å². The van der Waals surface area contributed by atoms with Crippen LogP contribution in [0.4, 0.5) is 0 Å². The molecule has 0 saturated carbocycles. The van der Waals surface area contributed by atoms with Gasteiger partial charge in [-0.25, -0.2) is 4.98 Å². The Morgan fingerprint density at radius 2 is 2.41 bits per heavy atom. The van der Waals surface area contributed by atoms with Crippen LogP contribution >= 0.6 is 27.5 Å². The largest absolute Gasteiger partial charge is 0.367 e. The molecule has 0 atom stereocenters. The van der Waals surface area contributed by atoms with E-state index in [4.69, 9.17) is 11.6 Å². The van der Waals surface area contributed by atoms with Gasteiger partial charge in [0, 0.05) is 29.6 Å². The van der Waals surface area contributed by atoms with E-state index in [2.05, 4.69) is 31.2 Å². The lowest BCUT2D eigenvalue weighted by Gasteiger charge is -2.05. The highest BCUT2D eigenvalue weighted by atomic mass is 79.9. The molecule has 2 aromatic heterocycles. The first-order chi connectivity index (χ1) is 8.16. The van der Waals surface area contributed by atoms with Crippen LogP contribution in [0.2, 0.25) is 5.15 Å². The predicted molar refractivity (Wildman–Crippen MR) is 68.9 cm³/mol. The molecule has 0 bridgehead atoms. The fourth-order valence-electron chi connectivity index (χ4n) is 1.33. The predicted octanol–water partition coefficient (Wildman–Crippen LogP) is 2.76. The second-order valence-electron chi connectivity index (χ2n) is 3.39. The van der Waals surface area contributed by atoms with Crippen LogP contribution in [0.25, 0.3) is 0 Å². The number of nitrogens with one attached hydrogen (secondary N) is 2. The van der Waals surface area contributed by atoms with Crippen molar-refractivity contribution in [2.24, 2.45) is 0 Å². The molecule has 2 heterocycles. The van der Waals surface area contributed by atoms with Crippen molar-refractivity contribution in [3.8, 4) is 0 Å². The van der Waals surface area contributed by atoms with Crippen LogP contribution in [0.1, 0.15) is 15.9 Å². The van der Waals surface area contributed by atoms with Crippen LogP contribution in [0, 0.1) is 0 Å². The number of carbonyl (C=O) groups is 1. The molecule has 0 aromatic carbocycles. The number of pyridine rings is 1. The van der Waals surface area contributed by atoms with Crippen LogP contribution in [0.5, 0.6) is 0 Å². The van der Waals surface area contributed by atoms with Crippen molar-refractivity contribution in [3.05, 3.63) is 51.5 Å². The van der Waals surface area contributed by atoms with Crippen LogP contribution in [-0.2, 0) is 6.54 Å². The molecule has 88 valence electrons. The summed E-state index contributed by atoms with van der Waals surface area (Å²) in [5, 5.41) is 2.96. The third-order valence-electron chi connectivity index (χ3n) is 2.17. The fourth-order valence-corrected chi connectivity index (χ4v) is 1.85. The summed E-state index contributed by atoms with van der Waals surface area (Å²) in [6.07, 6.45) is 5.17. The molecule has 17 heavy (non-hydrogen) atoms. The van der Waals surface area contributed by atoms with Gasteiger partial charge < -0.3 is 10.3 Å². The van der Waals surface area contributed by atoms with Crippen molar-refractivity contribution in [3.63, 3.8) is 0 Å². The van der Waals surface area contributed by atoms with Gasteiger partial charge in [0.1, 0.15) is 5.15 Å². The normalized spacial score (nSPS) is 10.2. The van der Waals surface area contributed by atoms with Crippen molar-refractivity contribution in [2.75, 3.05) is 0 Å². The molecule has 2 N–H and O–H groups in total. The number of aromatic nitrogens is 2. The average molecular weight is 315 g/mol. The zero-order valence-corrected chi connectivity index (χ0v) is 11.0. The van der Waals surface area contributed by atoms with Crippen LogP contribution in [0.3, 0.4) is 0 Å². The average Bonchev–Trinajstić information content (AvgIpc) is 2.82. The summed E-state index contributed by atoms with van der Waals surface area (Å²) in [6.45, 7) is 0.450.